The second kappa shape index (κ2) is 4.08. The number of hydrogen-bond acceptors (Lipinski definition) is 5. The number of thiophene rings is 1. The Morgan fingerprint density at radius 2 is 2.25 bits per heavy atom. The number of nitrogens with zero attached hydrogens (tertiary/aromatic N) is 2. The van der Waals surface area contributed by atoms with Gasteiger partial charge in [0.2, 0.25) is 0 Å². The van der Waals surface area contributed by atoms with E-state index in [-0.39, 0.29) is 11.2 Å². The van der Waals surface area contributed by atoms with Crippen LogP contribution in [0.1, 0.15) is 31.2 Å². The minimum atomic E-state index is -0.195. The maximum atomic E-state index is 12.8. The van der Waals surface area contributed by atoms with E-state index in [1.165, 1.54) is 10.4 Å². The van der Waals surface area contributed by atoms with Crippen LogP contribution in [0.5, 0.6) is 0 Å². The molecule has 2 aliphatic rings. The van der Waals surface area contributed by atoms with Crippen molar-refractivity contribution in [2.45, 2.75) is 56.4 Å². The van der Waals surface area contributed by atoms with Gasteiger partial charge in [0.15, 0.2) is 5.16 Å². The highest BCUT2D eigenvalue weighted by atomic mass is 32.2. The van der Waals surface area contributed by atoms with E-state index in [0.29, 0.717) is 11.9 Å². The molecule has 0 amide bonds. The predicted octanol–water partition coefficient (Wildman–Crippen LogP) is 2.80. The zero-order valence-electron chi connectivity index (χ0n) is 11.7. The lowest BCUT2D eigenvalue weighted by molar-refractivity contribution is -0.0379. The molecule has 4 heterocycles. The molecule has 2 aliphatic heterocycles. The van der Waals surface area contributed by atoms with Crippen molar-refractivity contribution >= 4 is 33.3 Å². The minimum absolute atomic E-state index is 0.136. The van der Waals surface area contributed by atoms with E-state index in [4.69, 9.17) is 9.72 Å². The Balaban J connectivity index is 2.00. The lowest BCUT2D eigenvalue weighted by atomic mass is 9.94. The summed E-state index contributed by atoms with van der Waals surface area (Å²) in [6, 6.07) is 0. The van der Waals surface area contributed by atoms with Gasteiger partial charge in [-0.3, -0.25) is 9.36 Å². The molecule has 0 bridgehead atoms. The Bertz CT molecular complexity index is 776. The quantitative estimate of drug-likeness (QED) is 0.702. The van der Waals surface area contributed by atoms with Gasteiger partial charge in [0.05, 0.1) is 17.6 Å². The molecule has 6 heteroatoms. The summed E-state index contributed by atoms with van der Waals surface area (Å²) in [5.74, 6) is 0. The van der Waals surface area contributed by atoms with Crippen molar-refractivity contribution in [1.29, 1.82) is 0 Å². The van der Waals surface area contributed by atoms with Gasteiger partial charge in [-0.05, 0) is 19.4 Å². The van der Waals surface area contributed by atoms with Crippen molar-refractivity contribution in [3.8, 4) is 0 Å². The highest BCUT2D eigenvalue weighted by Crippen LogP contribution is 2.38. The molecule has 4 rings (SSSR count). The molecule has 0 spiro atoms. The van der Waals surface area contributed by atoms with Crippen molar-refractivity contribution in [2.24, 2.45) is 0 Å². The fraction of sp³-hybridized carbons (Fsp3) is 0.571. The molecule has 0 N–H and O–H groups in total. The zero-order valence-corrected chi connectivity index (χ0v) is 13.4. The van der Waals surface area contributed by atoms with Crippen molar-refractivity contribution in [3.05, 3.63) is 20.8 Å². The third kappa shape index (κ3) is 1.78. The lowest BCUT2D eigenvalue weighted by Gasteiger charge is -2.29. The number of rotatable bonds is 0. The highest BCUT2D eigenvalue weighted by molar-refractivity contribution is 7.99. The van der Waals surface area contributed by atoms with E-state index in [9.17, 15) is 4.79 Å². The molecule has 0 aromatic carbocycles. The number of ether oxygens (including phenoxy) is 1. The average molecular weight is 308 g/mol. The fourth-order valence-electron chi connectivity index (χ4n) is 2.93. The number of hydrogen-bond donors (Lipinski definition) is 0. The van der Waals surface area contributed by atoms with Crippen LogP contribution >= 0.6 is 23.1 Å². The van der Waals surface area contributed by atoms with Crippen LogP contribution in [-0.4, -0.2) is 20.4 Å². The van der Waals surface area contributed by atoms with Gasteiger partial charge in [0.1, 0.15) is 4.83 Å². The summed E-state index contributed by atoms with van der Waals surface area (Å²) in [5.41, 5.74) is 1.11. The van der Waals surface area contributed by atoms with Crippen LogP contribution in [0.4, 0.5) is 0 Å². The van der Waals surface area contributed by atoms with Crippen LogP contribution < -0.4 is 5.56 Å². The molecule has 2 aromatic heterocycles. The molecular weight excluding hydrogens is 292 g/mol. The van der Waals surface area contributed by atoms with Gasteiger partial charge in [-0.25, -0.2) is 4.98 Å². The Labute approximate surface area is 125 Å². The summed E-state index contributed by atoms with van der Waals surface area (Å²) < 4.78 is 7.69. The van der Waals surface area contributed by atoms with Gasteiger partial charge < -0.3 is 4.74 Å². The summed E-state index contributed by atoms with van der Waals surface area (Å²) in [7, 11) is 0. The highest BCUT2D eigenvalue weighted by Gasteiger charge is 2.32. The predicted molar refractivity (Wildman–Crippen MR) is 81.8 cm³/mol. The first-order valence-electron chi connectivity index (χ1n) is 6.80. The fourth-order valence-corrected chi connectivity index (χ4v) is 5.10. The van der Waals surface area contributed by atoms with Gasteiger partial charge in [0.25, 0.3) is 5.56 Å². The first kappa shape index (κ1) is 12.9. The van der Waals surface area contributed by atoms with E-state index in [1.54, 1.807) is 23.1 Å². The second-order valence-electron chi connectivity index (χ2n) is 6.15. The average Bonchev–Trinajstić information content (AvgIpc) is 2.88. The topological polar surface area (TPSA) is 44.1 Å². The van der Waals surface area contributed by atoms with Gasteiger partial charge in [0, 0.05) is 23.1 Å². The maximum absolute atomic E-state index is 12.8. The first-order valence-corrected chi connectivity index (χ1v) is 8.50. The Morgan fingerprint density at radius 3 is 3.05 bits per heavy atom. The first-order chi connectivity index (χ1) is 9.44. The monoisotopic (exact) mass is 308 g/mol. The SMILES string of the molecule is CC1Cn2c(nc3sc4c(c3c2=O)CC(C)(C)OC4)S1. The molecule has 2 aromatic rings. The van der Waals surface area contributed by atoms with Crippen LogP contribution in [0.15, 0.2) is 9.95 Å². The van der Waals surface area contributed by atoms with Gasteiger partial charge in [-0.1, -0.05) is 18.7 Å². The molecule has 4 nitrogen and oxygen atoms in total. The van der Waals surface area contributed by atoms with Crippen LogP contribution in [0.3, 0.4) is 0 Å². The lowest BCUT2D eigenvalue weighted by Crippen LogP contribution is -2.32. The molecule has 0 saturated heterocycles. The molecule has 1 atom stereocenters. The van der Waals surface area contributed by atoms with E-state index in [2.05, 4.69) is 20.8 Å². The number of fused-ring (bicyclic) bond motifs is 4. The minimum Gasteiger partial charge on any atom is -0.370 e. The smallest absolute Gasteiger partial charge is 0.263 e. The third-order valence-electron chi connectivity index (χ3n) is 3.90. The molecule has 20 heavy (non-hydrogen) atoms. The molecule has 106 valence electrons. The van der Waals surface area contributed by atoms with E-state index >= 15 is 0 Å². The van der Waals surface area contributed by atoms with E-state index in [1.807, 2.05) is 4.57 Å². The van der Waals surface area contributed by atoms with Crippen LogP contribution in [0.25, 0.3) is 10.2 Å². The largest absolute Gasteiger partial charge is 0.370 e. The van der Waals surface area contributed by atoms with Crippen LogP contribution in [0.2, 0.25) is 0 Å². The van der Waals surface area contributed by atoms with Crippen molar-refractivity contribution in [1.82, 2.24) is 9.55 Å². The van der Waals surface area contributed by atoms with Crippen molar-refractivity contribution in [2.75, 3.05) is 0 Å². The Hall–Kier alpha value is -0.850. The number of thioether (sulfide) groups is 1. The third-order valence-corrected chi connectivity index (χ3v) is 6.08. The molecule has 0 fully saturated rings. The van der Waals surface area contributed by atoms with Crippen LogP contribution in [0, 0.1) is 0 Å². The van der Waals surface area contributed by atoms with Gasteiger partial charge in [-0.15, -0.1) is 11.3 Å². The van der Waals surface area contributed by atoms with Gasteiger partial charge >= 0.3 is 0 Å². The Morgan fingerprint density at radius 1 is 1.45 bits per heavy atom. The normalized spacial score (nSPS) is 23.9. The van der Waals surface area contributed by atoms with Crippen LogP contribution in [-0.2, 0) is 24.3 Å². The summed E-state index contributed by atoms with van der Waals surface area (Å²) in [6.45, 7) is 7.67. The summed E-state index contributed by atoms with van der Waals surface area (Å²) in [5, 5.41) is 2.14. The molecule has 0 radical (unpaired) electrons. The van der Waals surface area contributed by atoms with Crippen molar-refractivity contribution < 1.29 is 4.74 Å². The molecule has 1 unspecified atom stereocenters. The summed E-state index contributed by atoms with van der Waals surface area (Å²) in [4.78, 5) is 19.6. The Kier molecular flexibility index (Phi) is 2.63. The molecular formula is C14H16N2O2S2. The summed E-state index contributed by atoms with van der Waals surface area (Å²) >= 11 is 3.31. The number of aromatic nitrogens is 2. The van der Waals surface area contributed by atoms with E-state index in [0.717, 1.165) is 28.3 Å². The maximum Gasteiger partial charge on any atom is 0.263 e. The second-order valence-corrected chi connectivity index (χ2v) is 8.64. The van der Waals surface area contributed by atoms with Crippen molar-refractivity contribution in [3.63, 3.8) is 0 Å². The standard InChI is InChI=1S/C14H16N2O2S2/c1-7-5-16-12(17)10-8-4-14(2,3)18-6-9(8)20-11(10)15-13(16)19-7/h7H,4-6H2,1-3H3. The molecule has 0 saturated carbocycles. The zero-order chi connectivity index (χ0) is 14.1. The van der Waals surface area contributed by atoms with E-state index < -0.39 is 0 Å². The summed E-state index contributed by atoms with van der Waals surface area (Å²) in [6.07, 6.45) is 0.793. The van der Waals surface area contributed by atoms with Gasteiger partial charge in [-0.2, -0.15) is 0 Å². The molecule has 0 aliphatic carbocycles.